The third-order valence-electron chi connectivity index (χ3n) is 5.48. The van der Waals surface area contributed by atoms with Crippen LogP contribution in [-0.4, -0.2) is 69.1 Å². The summed E-state index contributed by atoms with van der Waals surface area (Å²) in [7, 11) is 0. The predicted octanol–water partition coefficient (Wildman–Crippen LogP) is 3.91. The lowest BCUT2D eigenvalue weighted by Crippen LogP contribution is -2.18. The monoisotopic (exact) mass is 551 g/mol. The standard InChI is InChI=1S/C24H28F3N7O3S/c25-24(26,27)37-18-10-16(3-6-35)9-17(11-18)13-28-4-1-2-7-36-8-5-29-20-12-21(22-15-31-34-38-22)32-23-19(20)14-30-33-23/h9-12,14-15,28,35H,1-8,13H2,(H2,29,30,32,33). The number of alkyl halides is 3. The maximum absolute atomic E-state index is 12.6. The topological polar surface area (TPSA) is 130 Å². The van der Waals surface area contributed by atoms with E-state index < -0.39 is 6.36 Å². The van der Waals surface area contributed by atoms with E-state index in [1.807, 2.05) is 6.07 Å². The Hall–Kier alpha value is -3.33. The maximum atomic E-state index is 12.6. The molecular weight excluding hydrogens is 523 g/mol. The lowest BCUT2D eigenvalue weighted by atomic mass is 10.1. The van der Waals surface area contributed by atoms with Crippen LogP contribution in [0.15, 0.2) is 36.7 Å². The summed E-state index contributed by atoms with van der Waals surface area (Å²) in [6.45, 7) is 2.65. The first-order chi connectivity index (χ1) is 18.4. The zero-order chi connectivity index (χ0) is 26.8. The molecule has 10 nitrogen and oxygen atoms in total. The smallest absolute Gasteiger partial charge is 0.406 e. The molecule has 0 amide bonds. The number of pyridine rings is 1. The molecule has 38 heavy (non-hydrogen) atoms. The van der Waals surface area contributed by atoms with Crippen molar-refractivity contribution >= 4 is 28.3 Å². The molecular formula is C24H28F3N7O3S. The van der Waals surface area contributed by atoms with E-state index in [2.05, 4.69) is 40.1 Å². The molecule has 0 spiro atoms. The van der Waals surface area contributed by atoms with Gasteiger partial charge in [-0.25, -0.2) is 4.98 Å². The van der Waals surface area contributed by atoms with Crippen molar-refractivity contribution in [3.05, 3.63) is 47.8 Å². The highest BCUT2D eigenvalue weighted by molar-refractivity contribution is 7.09. The molecule has 14 heteroatoms. The second-order valence-corrected chi connectivity index (χ2v) is 9.18. The number of nitrogens with one attached hydrogen (secondary N) is 3. The summed E-state index contributed by atoms with van der Waals surface area (Å²) in [5.74, 6) is -0.278. The normalized spacial score (nSPS) is 11.8. The Balaban J connectivity index is 1.13. The van der Waals surface area contributed by atoms with Gasteiger partial charge in [0.1, 0.15) is 5.75 Å². The van der Waals surface area contributed by atoms with E-state index in [9.17, 15) is 13.2 Å². The van der Waals surface area contributed by atoms with Gasteiger partial charge in [0.25, 0.3) is 0 Å². The zero-order valence-electron chi connectivity index (χ0n) is 20.4. The molecule has 0 atom stereocenters. The number of fused-ring (bicyclic) bond motifs is 1. The lowest BCUT2D eigenvalue weighted by Gasteiger charge is -2.13. The van der Waals surface area contributed by atoms with Gasteiger partial charge in [0.05, 0.1) is 35.0 Å². The fourth-order valence-electron chi connectivity index (χ4n) is 3.82. The van der Waals surface area contributed by atoms with Crippen molar-refractivity contribution in [1.82, 2.24) is 30.1 Å². The summed E-state index contributed by atoms with van der Waals surface area (Å²) < 4.78 is 51.4. The van der Waals surface area contributed by atoms with Gasteiger partial charge >= 0.3 is 6.36 Å². The number of ether oxygens (including phenoxy) is 2. The van der Waals surface area contributed by atoms with Crippen molar-refractivity contribution in [2.24, 2.45) is 0 Å². The fourth-order valence-corrected chi connectivity index (χ4v) is 4.30. The van der Waals surface area contributed by atoms with Crippen molar-refractivity contribution in [2.45, 2.75) is 32.2 Å². The zero-order valence-corrected chi connectivity index (χ0v) is 21.2. The van der Waals surface area contributed by atoms with E-state index in [1.165, 1.54) is 23.7 Å². The molecule has 0 unspecified atom stereocenters. The van der Waals surface area contributed by atoms with E-state index in [4.69, 9.17) is 9.84 Å². The van der Waals surface area contributed by atoms with Crippen LogP contribution in [0.25, 0.3) is 21.6 Å². The minimum absolute atomic E-state index is 0.153. The van der Waals surface area contributed by atoms with Crippen LogP contribution in [0.3, 0.4) is 0 Å². The van der Waals surface area contributed by atoms with E-state index >= 15 is 0 Å². The predicted molar refractivity (Wildman–Crippen MR) is 137 cm³/mol. The quantitative estimate of drug-likeness (QED) is 0.163. The first-order valence-electron chi connectivity index (χ1n) is 12.0. The molecule has 0 aliphatic carbocycles. The number of anilines is 1. The Morgan fingerprint density at radius 1 is 1.03 bits per heavy atom. The second kappa shape index (κ2) is 13.5. The molecule has 1 aromatic carbocycles. The maximum Gasteiger partial charge on any atom is 0.573 e. The number of H-pyrrole nitrogens is 1. The van der Waals surface area contributed by atoms with Gasteiger partial charge in [0, 0.05) is 32.0 Å². The van der Waals surface area contributed by atoms with Gasteiger partial charge in [-0.05, 0) is 66.7 Å². The van der Waals surface area contributed by atoms with Crippen molar-refractivity contribution in [3.8, 4) is 16.3 Å². The molecule has 0 fully saturated rings. The van der Waals surface area contributed by atoms with Gasteiger partial charge in [-0.3, -0.25) is 5.10 Å². The SMILES string of the molecule is OCCc1cc(CNCCCCOCCNc2cc(-c3cnns3)nc3[nH]ncc23)cc(OC(F)(F)F)c1. The molecule has 3 aromatic heterocycles. The largest absolute Gasteiger partial charge is 0.573 e. The van der Waals surface area contributed by atoms with Crippen LogP contribution in [0.1, 0.15) is 24.0 Å². The summed E-state index contributed by atoms with van der Waals surface area (Å²) in [6, 6.07) is 6.36. The third kappa shape index (κ3) is 8.34. The molecule has 4 N–H and O–H groups in total. The van der Waals surface area contributed by atoms with E-state index in [0.29, 0.717) is 49.6 Å². The molecule has 0 aliphatic rings. The molecule has 0 saturated heterocycles. The Bertz CT molecular complexity index is 1290. The number of aromatic nitrogens is 5. The Kier molecular flexibility index (Phi) is 9.81. The summed E-state index contributed by atoms with van der Waals surface area (Å²) in [5.41, 5.74) is 3.58. The number of unbranched alkanes of at least 4 members (excludes halogenated alkanes) is 1. The van der Waals surface area contributed by atoms with E-state index in [1.54, 1.807) is 18.5 Å². The van der Waals surface area contributed by atoms with Crippen LogP contribution in [0.4, 0.5) is 18.9 Å². The lowest BCUT2D eigenvalue weighted by molar-refractivity contribution is -0.274. The summed E-state index contributed by atoms with van der Waals surface area (Å²) >= 11 is 1.27. The average Bonchev–Trinajstić information content (AvgIpc) is 3.56. The number of rotatable bonds is 15. The molecule has 3 heterocycles. The molecule has 4 rings (SSSR count). The minimum atomic E-state index is -4.76. The first-order valence-corrected chi connectivity index (χ1v) is 12.8. The fraction of sp³-hybridized carbons (Fsp3) is 0.417. The van der Waals surface area contributed by atoms with Crippen molar-refractivity contribution in [1.29, 1.82) is 0 Å². The molecule has 0 aliphatic heterocycles. The number of halogens is 3. The Morgan fingerprint density at radius 2 is 1.89 bits per heavy atom. The molecule has 0 bridgehead atoms. The third-order valence-corrected chi connectivity index (χ3v) is 6.17. The second-order valence-electron chi connectivity index (χ2n) is 8.40. The summed E-state index contributed by atoms with van der Waals surface area (Å²) in [6.07, 6.45) is 0.578. The number of hydrogen-bond acceptors (Lipinski definition) is 10. The van der Waals surface area contributed by atoms with Crippen LogP contribution in [0, 0.1) is 0 Å². The van der Waals surface area contributed by atoms with E-state index in [0.717, 1.165) is 34.5 Å². The number of aromatic amines is 1. The van der Waals surface area contributed by atoms with Crippen LogP contribution in [0.5, 0.6) is 5.75 Å². The van der Waals surface area contributed by atoms with Crippen LogP contribution in [0.2, 0.25) is 0 Å². The molecule has 0 saturated carbocycles. The molecule has 0 radical (unpaired) electrons. The van der Waals surface area contributed by atoms with Crippen molar-refractivity contribution in [2.75, 3.05) is 38.2 Å². The summed E-state index contributed by atoms with van der Waals surface area (Å²) in [4.78, 5) is 5.42. The van der Waals surface area contributed by atoms with Gasteiger partial charge in [-0.1, -0.05) is 10.6 Å². The Labute approximate surface area is 220 Å². The van der Waals surface area contributed by atoms with Gasteiger partial charge in [-0.2, -0.15) is 5.10 Å². The van der Waals surface area contributed by atoms with Gasteiger partial charge in [0.2, 0.25) is 0 Å². The highest BCUT2D eigenvalue weighted by atomic mass is 32.1. The highest BCUT2D eigenvalue weighted by Crippen LogP contribution is 2.28. The van der Waals surface area contributed by atoms with Crippen molar-refractivity contribution in [3.63, 3.8) is 0 Å². The first kappa shape index (κ1) is 27.7. The average molecular weight is 552 g/mol. The van der Waals surface area contributed by atoms with Gasteiger partial charge in [-0.15, -0.1) is 18.3 Å². The number of aliphatic hydroxyl groups is 1. The highest BCUT2D eigenvalue weighted by Gasteiger charge is 2.31. The minimum Gasteiger partial charge on any atom is -0.406 e. The van der Waals surface area contributed by atoms with Crippen LogP contribution in [-0.2, 0) is 17.7 Å². The summed E-state index contributed by atoms with van der Waals surface area (Å²) in [5, 5.41) is 27.4. The van der Waals surface area contributed by atoms with Gasteiger partial charge < -0.3 is 25.2 Å². The molecule has 204 valence electrons. The van der Waals surface area contributed by atoms with Crippen LogP contribution < -0.4 is 15.4 Å². The van der Waals surface area contributed by atoms with Crippen molar-refractivity contribution < 1.29 is 27.8 Å². The number of hydrogen-bond donors (Lipinski definition) is 4. The number of benzene rings is 1. The van der Waals surface area contributed by atoms with E-state index in [-0.39, 0.29) is 18.8 Å². The Morgan fingerprint density at radius 3 is 2.68 bits per heavy atom. The number of aliphatic hydroxyl groups excluding tert-OH is 1. The number of nitrogens with zero attached hydrogens (tertiary/aromatic N) is 4. The van der Waals surface area contributed by atoms with Gasteiger partial charge in [0.15, 0.2) is 5.65 Å². The molecule has 4 aromatic rings. The van der Waals surface area contributed by atoms with Crippen LogP contribution >= 0.6 is 11.5 Å².